The van der Waals surface area contributed by atoms with Crippen LogP contribution in [-0.2, 0) is 0 Å². The van der Waals surface area contributed by atoms with Gasteiger partial charge in [-0.25, -0.2) is 0 Å². The zero-order valence-corrected chi connectivity index (χ0v) is 14.4. The molecule has 1 saturated heterocycles. The van der Waals surface area contributed by atoms with E-state index in [9.17, 15) is 0 Å². The number of anilines is 3. The van der Waals surface area contributed by atoms with Crippen molar-refractivity contribution in [2.75, 3.05) is 50.6 Å². The van der Waals surface area contributed by atoms with Gasteiger partial charge >= 0.3 is 0 Å². The van der Waals surface area contributed by atoms with Crippen LogP contribution in [0.2, 0.25) is 0 Å². The summed E-state index contributed by atoms with van der Waals surface area (Å²) in [6.07, 6.45) is 1.74. The third-order valence-corrected chi connectivity index (χ3v) is 4.44. The molecule has 2 aromatic heterocycles. The number of methoxy groups -OCH3 is 1. The number of ether oxygens (including phenoxy) is 1. The highest BCUT2D eigenvalue weighted by atomic mass is 16.5. The number of aromatic amines is 1. The summed E-state index contributed by atoms with van der Waals surface area (Å²) < 4.78 is 5.21. The van der Waals surface area contributed by atoms with Crippen LogP contribution in [0.15, 0.2) is 30.5 Å². The highest BCUT2D eigenvalue weighted by molar-refractivity contribution is 5.89. The van der Waals surface area contributed by atoms with Gasteiger partial charge in [-0.15, -0.1) is 0 Å². The van der Waals surface area contributed by atoms with Crippen LogP contribution in [-0.4, -0.2) is 65.4 Å². The molecule has 8 nitrogen and oxygen atoms in total. The Morgan fingerprint density at radius 2 is 1.84 bits per heavy atom. The minimum Gasteiger partial charge on any atom is -0.497 e. The number of fused-ring (bicyclic) bond motifs is 1. The lowest BCUT2D eigenvalue weighted by Gasteiger charge is -2.32. The van der Waals surface area contributed by atoms with Crippen LogP contribution in [0.4, 0.5) is 17.5 Å². The summed E-state index contributed by atoms with van der Waals surface area (Å²) in [5.74, 6) is 2.29. The molecule has 0 amide bonds. The average Bonchev–Trinajstić information content (AvgIpc) is 3.12. The van der Waals surface area contributed by atoms with Crippen molar-refractivity contribution in [2.45, 2.75) is 0 Å². The van der Waals surface area contributed by atoms with Gasteiger partial charge in [0.15, 0.2) is 5.65 Å². The van der Waals surface area contributed by atoms with E-state index in [1.807, 2.05) is 24.3 Å². The Kier molecular flexibility index (Phi) is 4.10. The molecule has 0 spiro atoms. The van der Waals surface area contributed by atoms with Crippen LogP contribution in [0.1, 0.15) is 0 Å². The number of piperazine rings is 1. The summed E-state index contributed by atoms with van der Waals surface area (Å²) in [7, 11) is 3.79. The van der Waals surface area contributed by atoms with Crippen molar-refractivity contribution in [1.29, 1.82) is 0 Å². The molecule has 3 aromatic rings. The van der Waals surface area contributed by atoms with E-state index in [4.69, 9.17) is 9.72 Å². The number of hydrogen-bond donors (Lipinski definition) is 2. The first-order valence-corrected chi connectivity index (χ1v) is 8.28. The van der Waals surface area contributed by atoms with Gasteiger partial charge in [0.2, 0.25) is 5.95 Å². The lowest BCUT2D eigenvalue weighted by atomic mass is 10.3. The van der Waals surface area contributed by atoms with Crippen molar-refractivity contribution in [3.05, 3.63) is 30.5 Å². The van der Waals surface area contributed by atoms with Crippen molar-refractivity contribution in [3.63, 3.8) is 0 Å². The monoisotopic (exact) mass is 339 g/mol. The fraction of sp³-hybridized carbons (Fsp3) is 0.353. The van der Waals surface area contributed by atoms with Crippen LogP contribution < -0.4 is 15.0 Å². The Balaban J connectivity index is 1.65. The zero-order valence-electron chi connectivity index (χ0n) is 14.4. The Labute approximate surface area is 145 Å². The molecule has 1 aromatic carbocycles. The first-order valence-electron chi connectivity index (χ1n) is 8.28. The van der Waals surface area contributed by atoms with Gasteiger partial charge in [0.1, 0.15) is 11.6 Å². The number of hydrogen-bond acceptors (Lipinski definition) is 7. The van der Waals surface area contributed by atoms with E-state index >= 15 is 0 Å². The Hall–Kier alpha value is -2.87. The second-order valence-corrected chi connectivity index (χ2v) is 6.15. The van der Waals surface area contributed by atoms with Gasteiger partial charge in [-0.3, -0.25) is 5.10 Å². The molecule has 1 fully saturated rings. The van der Waals surface area contributed by atoms with Crippen molar-refractivity contribution in [3.8, 4) is 5.75 Å². The van der Waals surface area contributed by atoms with Gasteiger partial charge < -0.3 is 19.9 Å². The molecule has 4 rings (SSSR count). The van der Waals surface area contributed by atoms with Crippen molar-refractivity contribution in [1.82, 2.24) is 25.1 Å². The highest BCUT2D eigenvalue weighted by Gasteiger charge is 2.19. The van der Waals surface area contributed by atoms with E-state index in [1.54, 1.807) is 13.3 Å². The van der Waals surface area contributed by atoms with Crippen molar-refractivity contribution >= 4 is 28.5 Å². The molecule has 130 valence electrons. The topological polar surface area (TPSA) is 82.2 Å². The maximum Gasteiger partial charge on any atom is 0.229 e. The lowest BCUT2D eigenvalue weighted by molar-refractivity contribution is 0.311. The first kappa shape index (κ1) is 15.6. The molecule has 1 aliphatic rings. The minimum atomic E-state index is 0.723. The smallest absolute Gasteiger partial charge is 0.229 e. The van der Waals surface area contributed by atoms with E-state index in [0.29, 0.717) is 0 Å². The number of nitrogens with one attached hydrogen (secondary N) is 2. The largest absolute Gasteiger partial charge is 0.497 e. The Bertz CT molecular complexity index is 853. The van der Waals surface area contributed by atoms with Crippen LogP contribution in [0, 0.1) is 0 Å². The number of H-pyrrole nitrogens is 1. The molecule has 8 heteroatoms. The molecule has 0 bridgehead atoms. The summed E-state index contributed by atoms with van der Waals surface area (Å²) in [5, 5.41) is 11.3. The zero-order chi connectivity index (χ0) is 17.2. The predicted octanol–water partition coefficient (Wildman–Crippen LogP) is 1.86. The molecule has 25 heavy (non-hydrogen) atoms. The maximum absolute atomic E-state index is 5.21. The predicted molar refractivity (Wildman–Crippen MR) is 97.7 cm³/mol. The second-order valence-electron chi connectivity index (χ2n) is 6.15. The average molecular weight is 339 g/mol. The molecule has 0 atom stereocenters. The third kappa shape index (κ3) is 3.20. The second kappa shape index (κ2) is 6.56. The summed E-state index contributed by atoms with van der Waals surface area (Å²) >= 11 is 0. The molecule has 1 aliphatic heterocycles. The third-order valence-electron chi connectivity index (χ3n) is 4.44. The number of rotatable bonds is 4. The van der Waals surface area contributed by atoms with Crippen LogP contribution in [0.3, 0.4) is 0 Å². The quantitative estimate of drug-likeness (QED) is 0.751. The van der Waals surface area contributed by atoms with Crippen LogP contribution >= 0.6 is 0 Å². The van der Waals surface area contributed by atoms with Gasteiger partial charge in [-0.05, 0) is 31.3 Å². The van der Waals surface area contributed by atoms with Gasteiger partial charge in [0.25, 0.3) is 0 Å². The molecule has 0 unspecified atom stereocenters. The minimum absolute atomic E-state index is 0.723. The van der Waals surface area contributed by atoms with Gasteiger partial charge in [-0.2, -0.15) is 15.1 Å². The summed E-state index contributed by atoms with van der Waals surface area (Å²) in [6, 6.07) is 7.75. The molecule has 0 saturated carbocycles. The summed E-state index contributed by atoms with van der Waals surface area (Å²) in [4.78, 5) is 13.9. The van der Waals surface area contributed by atoms with Crippen molar-refractivity contribution in [2.24, 2.45) is 0 Å². The SMILES string of the molecule is COc1ccc(Nc2nc(N3CCN(C)CC3)nc3[nH]ncc23)cc1. The maximum atomic E-state index is 5.21. The first-order chi connectivity index (χ1) is 12.2. The van der Waals surface area contributed by atoms with Gasteiger partial charge in [-0.1, -0.05) is 0 Å². The van der Waals surface area contributed by atoms with E-state index in [2.05, 4.69) is 37.3 Å². The van der Waals surface area contributed by atoms with E-state index < -0.39 is 0 Å². The molecule has 0 radical (unpaired) electrons. The number of benzene rings is 1. The van der Waals surface area contributed by atoms with Gasteiger partial charge in [0, 0.05) is 31.9 Å². The summed E-state index contributed by atoms with van der Waals surface area (Å²) in [5.41, 5.74) is 1.67. The summed E-state index contributed by atoms with van der Waals surface area (Å²) in [6.45, 7) is 3.84. The highest BCUT2D eigenvalue weighted by Crippen LogP contribution is 2.26. The standard InChI is InChI=1S/C17H21N7O/c1-23-7-9-24(10-8-23)17-20-15(14-11-18-22-16(14)21-17)19-12-3-5-13(25-2)6-4-12/h3-6,11H,7-10H2,1-2H3,(H2,18,19,20,21,22). The van der Waals surface area contributed by atoms with E-state index in [0.717, 1.165) is 60.4 Å². The molecule has 2 N–H and O–H groups in total. The number of nitrogens with zero attached hydrogens (tertiary/aromatic N) is 5. The molecular weight excluding hydrogens is 318 g/mol. The molecular formula is C17H21N7O. The van der Waals surface area contributed by atoms with E-state index in [1.165, 1.54) is 0 Å². The molecule has 0 aliphatic carbocycles. The Morgan fingerprint density at radius 1 is 1.08 bits per heavy atom. The van der Waals surface area contributed by atoms with Gasteiger partial charge in [0.05, 0.1) is 18.7 Å². The molecule has 3 heterocycles. The van der Waals surface area contributed by atoms with E-state index in [-0.39, 0.29) is 0 Å². The fourth-order valence-electron chi connectivity index (χ4n) is 2.88. The lowest BCUT2D eigenvalue weighted by Crippen LogP contribution is -2.45. The number of likely N-dealkylation sites (N-methyl/N-ethyl adjacent to an activating group) is 1. The number of aromatic nitrogens is 4. The Morgan fingerprint density at radius 3 is 2.56 bits per heavy atom. The van der Waals surface area contributed by atoms with Crippen LogP contribution in [0.5, 0.6) is 5.75 Å². The van der Waals surface area contributed by atoms with Crippen molar-refractivity contribution < 1.29 is 4.74 Å². The van der Waals surface area contributed by atoms with Crippen LogP contribution in [0.25, 0.3) is 11.0 Å². The fourth-order valence-corrected chi connectivity index (χ4v) is 2.88. The normalized spacial score (nSPS) is 15.5.